The van der Waals surface area contributed by atoms with Crippen LogP contribution in [0.15, 0.2) is 114 Å². The average molecular weight is 1150 g/mol. The Morgan fingerprint density at radius 1 is 0.829 bits per heavy atom. The maximum Gasteiger partial charge on any atom is 0.399 e. The number of halogens is 2. The molecule has 3 unspecified atom stereocenters. The van der Waals surface area contributed by atoms with Crippen LogP contribution in [0.25, 0.3) is 16.6 Å². The van der Waals surface area contributed by atoms with E-state index in [-0.39, 0.29) is 80.3 Å². The van der Waals surface area contributed by atoms with Crippen molar-refractivity contribution in [1.29, 1.82) is 0 Å². The Kier molecular flexibility index (Phi) is 19.0. The van der Waals surface area contributed by atoms with Crippen LogP contribution < -0.4 is 32.7 Å². The van der Waals surface area contributed by atoms with E-state index in [1.54, 1.807) is 13.1 Å². The minimum absolute atomic E-state index is 0.108. The average Bonchev–Trinajstić information content (AvgIpc) is 4.17. The number of aryl methyl sites for hydroxylation is 2. The standard InChI is InChI=1S/C59H67F2N8O12P/c1-35(37-19-22-41(23-20-37)59(60,61)82(79,80)81)32-50(72)63-44-34-68(51(73)17-11-3-6-12-36-18-26-45-47(33-36)67(2)58(78)69(45)46-27-29-49(71)65-57(46)77)31-30-38-21-24-42(52(38)54(44)74)55(75)64-43(25-28-48(62)70)56(76)66-53(39-13-7-4-8-14-39)40-15-9-5-10-16-40/h4-5,7-10,13-16,18-20,22-23,26,32-33,38,42-44,46,52-53H,3,6,11-12,17,21,24-25,27-31,34H2,1-2H3,(H2,62,70)(H,63,72)(H,64,75)(H,66,76)(H,65,71,77)(H2,79,80,81)/b35-32+/t38?,42-,43+,44+,46?,52?/m1/s1. The summed E-state index contributed by atoms with van der Waals surface area (Å²) in [6.07, 6.45) is 4.55. The number of hydrogen-bond acceptors (Lipinski definition) is 10. The number of fused-ring (bicyclic) bond motifs is 2. The van der Waals surface area contributed by atoms with Crippen molar-refractivity contribution in [2.45, 2.75) is 114 Å². The second-order valence-electron chi connectivity index (χ2n) is 21.4. The van der Waals surface area contributed by atoms with E-state index < -0.39 is 96.1 Å². The van der Waals surface area contributed by atoms with Crippen LogP contribution in [0.5, 0.6) is 0 Å². The number of carbonyl (C=O) groups excluding carboxylic acids is 8. The number of alkyl halides is 2. The topological polar surface area (TPSA) is 298 Å². The summed E-state index contributed by atoms with van der Waals surface area (Å²) in [6.45, 7) is 1.43. The molecule has 23 heteroatoms. The molecule has 4 aromatic carbocycles. The van der Waals surface area contributed by atoms with Crippen LogP contribution in [0, 0.1) is 17.8 Å². The first kappa shape index (κ1) is 60.2. The fourth-order valence-corrected chi connectivity index (χ4v) is 12.0. The minimum Gasteiger partial charge on any atom is -0.370 e. The largest absolute Gasteiger partial charge is 0.399 e. The number of imide groups is 1. The molecule has 3 fully saturated rings. The Morgan fingerprint density at radius 2 is 1.50 bits per heavy atom. The zero-order valence-corrected chi connectivity index (χ0v) is 46.3. The van der Waals surface area contributed by atoms with Crippen molar-refractivity contribution in [2.24, 2.45) is 30.5 Å². The third-order valence-corrected chi connectivity index (χ3v) is 16.9. The van der Waals surface area contributed by atoms with Gasteiger partial charge in [-0.05, 0) is 104 Å². The van der Waals surface area contributed by atoms with Crippen molar-refractivity contribution in [1.82, 2.24) is 35.3 Å². The number of aromatic nitrogens is 2. The molecule has 3 heterocycles. The fraction of sp³-hybridized carbons (Fsp3) is 0.407. The van der Waals surface area contributed by atoms with Crippen LogP contribution in [0.1, 0.15) is 117 Å². The highest BCUT2D eigenvalue weighted by molar-refractivity contribution is 7.52. The number of benzene rings is 4. The van der Waals surface area contributed by atoms with E-state index in [1.807, 2.05) is 72.8 Å². The van der Waals surface area contributed by atoms with Gasteiger partial charge >= 0.3 is 18.9 Å². The summed E-state index contributed by atoms with van der Waals surface area (Å²) in [5.41, 5.74) is 3.89. The number of amides is 7. The zero-order chi connectivity index (χ0) is 59.0. The summed E-state index contributed by atoms with van der Waals surface area (Å²) in [4.78, 5) is 142. The Morgan fingerprint density at radius 3 is 2.13 bits per heavy atom. The lowest BCUT2D eigenvalue weighted by molar-refractivity contribution is -0.140. The van der Waals surface area contributed by atoms with E-state index in [0.717, 1.165) is 47.0 Å². The van der Waals surface area contributed by atoms with Gasteiger partial charge in [0, 0.05) is 62.9 Å². The molecule has 1 aromatic heterocycles. The van der Waals surface area contributed by atoms with Crippen LogP contribution in [-0.4, -0.2) is 96.1 Å². The molecule has 20 nitrogen and oxygen atoms in total. The molecule has 1 saturated carbocycles. The molecule has 8 rings (SSSR count). The van der Waals surface area contributed by atoms with Crippen LogP contribution in [0.2, 0.25) is 0 Å². The summed E-state index contributed by atoms with van der Waals surface area (Å²) >= 11 is 0. The van der Waals surface area contributed by atoms with Crippen LogP contribution >= 0.6 is 7.60 Å². The Bertz CT molecular complexity index is 3340. The normalized spacial score (nSPS) is 20.1. The van der Waals surface area contributed by atoms with Gasteiger partial charge in [-0.25, -0.2) is 4.79 Å². The van der Waals surface area contributed by atoms with E-state index >= 15 is 4.79 Å². The summed E-state index contributed by atoms with van der Waals surface area (Å²) < 4.78 is 43.3. The minimum atomic E-state index is -5.85. The highest BCUT2D eigenvalue weighted by atomic mass is 31.2. The van der Waals surface area contributed by atoms with E-state index in [4.69, 9.17) is 5.73 Å². The third kappa shape index (κ3) is 13.9. The van der Waals surface area contributed by atoms with Gasteiger partial charge in [-0.15, -0.1) is 0 Å². The van der Waals surface area contributed by atoms with Crippen LogP contribution in [0.4, 0.5) is 8.78 Å². The number of primary amides is 1. The molecule has 1 aliphatic carbocycles. The first-order valence-corrected chi connectivity index (χ1v) is 29.0. The number of allylic oxidation sites excluding steroid dienone is 1. The maximum atomic E-state index is 15.0. The molecule has 82 heavy (non-hydrogen) atoms. The van der Waals surface area contributed by atoms with Crippen molar-refractivity contribution in [3.63, 3.8) is 0 Å². The van der Waals surface area contributed by atoms with Gasteiger partial charge in [0.05, 0.1) is 17.1 Å². The Balaban J connectivity index is 0.970. The van der Waals surface area contributed by atoms with E-state index in [1.165, 1.54) is 21.0 Å². The second-order valence-corrected chi connectivity index (χ2v) is 23.1. The molecular formula is C59H67F2N8O12P. The predicted octanol–water partition coefficient (Wildman–Crippen LogP) is 5.34. The van der Waals surface area contributed by atoms with Crippen LogP contribution in [-0.2, 0) is 62.1 Å². The lowest BCUT2D eigenvalue weighted by Crippen LogP contribution is -2.56. The number of unbranched alkanes of at least 4 members (excludes halogenated alkanes) is 2. The molecule has 0 radical (unpaired) electrons. The van der Waals surface area contributed by atoms with Crippen molar-refractivity contribution in [2.75, 3.05) is 13.1 Å². The number of ketones is 1. The number of rotatable bonds is 21. The quantitative estimate of drug-likeness (QED) is 0.0212. The number of nitrogens with zero attached hydrogens (tertiary/aromatic N) is 3. The van der Waals surface area contributed by atoms with Crippen molar-refractivity contribution >= 4 is 71.3 Å². The SMILES string of the molecule is C/C(=C\C(=O)N[C@H]1CN(C(=O)CCCCCc2ccc3c(c2)n(C)c(=O)n3C2CCC(=O)NC2=O)CCC2CC[C@@H](C(=O)N[C@@H](CCC(N)=O)C(=O)NC(c3ccccc3)c3ccccc3)C2C1=O)c1ccc(C(F)(F)P(=O)(O)O)cc1. The van der Waals surface area contributed by atoms with Gasteiger partial charge in [-0.3, -0.25) is 57.4 Å². The van der Waals surface area contributed by atoms with E-state index in [2.05, 4.69) is 21.3 Å². The molecule has 7 amide bonds. The number of hydrogen-bond donors (Lipinski definition) is 7. The highest BCUT2D eigenvalue weighted by Crippen LogP contribution is 2.59. The van der Waals surface area contributed by atoms with Gasteiger partial charge in [0.2, 0.25) is 41.4 Å². The molecule has 8 N–H and O–H groups in total. The summed E-state index contributed by atoms with van der Waals surface area (Å²) in [5.74, 6) is -6.74. The Labute approximate surface area is 471 Å². The monoisotopic (exact) mass is 1150 g/mol. The van der Waals surface area contributed by atoms with Gasteiger partial charge in [0.25, 0.3) is 0 Å². The van der Waals surface area contributed by atoms with Gasteiger partial charge < -0.3 is 36.4 Å². The number of Topliss-reactive ketones (excluding diaryl/α,β-unsaturated/α-hetero) is 1. The summed E-state index contributed by atoms with van der Waals surface area (Å²) in [6, 6.07) is 23.9. The molecule has 0 bridgehead atoms. The molecule has 2 saturated heterocycles. The molecule has 434 valence electrons. The first-order chi connectivity index (χ1) is 39.0. The van der Waals surface area contributed by atoms with Gasteiger partial charge in [0.1, 0.15) is 18.1 Å². The molecule has 2 aliphatic heterocycles. The molecule has 3 aliphatic rings. The van der Waals surface area contributed by atoms with Crippen molar-refractivity contribution in [3.05, 3.63) is 148 Å². The number of likely N-dealkylation sites (tertiary alicyclic amines) is 1. The van der Waals surface area contributed by atoms with E-state index in [9.17, 15) is 61.5 Å². The van der Waals surface area contributed by atoms with Gasteiger partial charge in [-0.1, -0.05) is 97.4 Å². The maximum absolute atomic E-state index is 15.0. The van der Waals surface area contributed by atoms with Gasteiger partial charge in [-0.2, -0.15) is 8.78 Å². The number of imidazole rings is 1. The second kappa shape index (κ2) is 25.9. The zero-order valence-electron chi connectivity index (χ0n) is 45.4. The number of carbonyl (C=O) groups is 8. The number of piperidine rings is 1. The predicted molar refractivity (Wildman–Crippen MR) is 298 cm³/mol. The van der Waals surface area contributed by atoms with Crippen molar-refractivity contribution in [3.8, 4) is 0 Å². The molecule has 5 aromatic rings. The first-order valence-electron chi connectivity index (χ1n) is 27.4. The lowest BCUT2D eigenvalue weighted by Gasteiger charge is -2.36. The molecule has 0 spiro atoms. The van der Waals surface area contributed by atoms with Crippen molar-refractivity contribution < 1.29 is 61.5 Å². The number of nitrogens with two attached hydrogens (primary N) is 1. The number of nitrogens with one attached hydrogen (secondary N) is 4. The Hall–Kier alpha value is -7.94. The highest BCUT2D eigenvalue weighted by Gasteiger charge is 2.51. The smallest absolute Gasteiger partial charge is 0.370 e. The van der Waals surface area contributed by atoms with Gasteiger partial charge in [0.15, 0.2) is 5.78 Å². The third-order valence-electron chi connectivity index (χ3n) is 15.9. The summed E-state index contributed by atoms with van der Waals surface area (Å²) in [5, 5.41) is 10.9. The molecular weight excluding hydrogens is 1080 g/mol. The molecule has 6 atom stereocenters. The fourth-order valence-electron chi connectivity index (χ4n) is 11.5. The summed E-state index contributed by atoms with van der Waals surface area (Å²) in [7, 11) is -4.24. The van der Waals surface area contributed by atoms with E-state index in [0.29, 0.717) is 49.6 Å². The van der Waals surface area contributed by atoms with Crippen LogP contribution in [0.3, 0.4) is 0 Å². The lowest BCUT2D eigenvalue weighted by atomic mass is 9.79.